The van der Waals surface area contributed by atoms with E-state index in [9.17, 15) is 9.18 Å². The Morgan fingerprint density at radius 3 is 2.67 bits per heavy atom. The highest BCUT2D eigenvalue weighted by molar-refractivity contribution is 5.32. The number of benzene rings is 1. The molecule has 0 saturated heterocycles. The third kappa shape index (κ3) is 2.49. The minimum atomic E-state index is -0.487. The molecule has 2 N–H and O–H groups in total. The van der Waals surface area contributed by atoms with Gasteiger partial charge in [-0.15, -0.1) is 0 Å². The molecule has 0 bridgehead atoms. The SMILES string of the molecule is CC(C)(c1ccc(F)cc1)c1nc2c(c(=O)[nH]1)CCNC2. The highest BCUT2D eigenvalue weighted by atomic mass is 19.1. The molecule has 1 aliphatic rings. The van der Waals surface area contributed by atoms with Crippen LogP contribution in [-0.2, 0) is 18.4 Å². The summed E-state index contributed by atoms with van der Waals surface area (Å²) in [5.74, 6) is 0.340. The van der Waals surface area contributed by atoms with Gasteiger partial charge in [0.05, 0.1) is 5.69 Å². The largest absolute Gasteiger partial charge is 0.311 e. The van der Waals surface area contributed by atoms with E-state index >= 15 is 0 Å². The number of H-pyrrole nitrogens is 1. The van der Waals surface area contributed by atoms with Crippen LogP contribution in [0.2, 0.25) is 0 Å². The third-order valence-corrected chi connectivity index (χ3v) is 4.10. The van der Waals surface area contributed by atoms with E-state index in [1.54, 1.807) is 12.1 Å². The first-order chi connectivity index (χ1) is 9.98. The molecule has 1 aliphatic heterocycles. The lowest BCUT2D eigenvalue weighted by molar-refractivity contribution is 0.553. The molecule has 2 heterocycles. The topological polar surface area (TPSA) is 57.8 Å². The van der Waals surface area contributed by atoms with Gasteiger partial charge >= 0.3 is 0 Å². The maximum Gasteiger partial charge on any atom is 0.254 e. The Kier molecular flexibility index (Phi) is 3.37. The molecule has 0 spiro atoms. The first-order valence-corrected chi connectivity index (χ1v) is 7.08. The van der Waals surface area contributed by atoms with E-state index in [-0.39, 0.29) is 11.4 Å². The van der Waals surface area contributed by atoms with E-state index in [4.69, 9.17) is 0 Å². The maximum absolute atomic E-state index is 13.1. The van der Waals surface area contributed by atoms with E-state index in [2.05, 4.69) is 15.3 Å². The molecule has 0 radical (unpaired) electrons. The standard InChI is InChI=1S/C16H18FN3O/c1-16(2,10-3-5-11(17)6-4-10)15-19-13-9-18-8-7-12(13)14(21)20-15/h3-6,18H,7-9H2,1-2H3,(H,19,20,21). The molecule has 4 nitrogen and oxygen atoms in total. The van der Waals surface area contributed by atoms with E-state index < -0.39 is 5.41 Å². The molecular formula is C16H18FN3O. The normalized spacial score (nSPS) is 14.8. The zero-order chi connectivity index (χ0) is 15.0. The van der Waals surface area contributed by atoms with Crippen LogP contribution >= 0.6 is 0 Å². The molecule has 0 saturated carbocycles. The second kappa shape index (κ2) is 5.07. The van der Waals surface area contributed by atoms with Gasteiger partial charge in [-0.05, 0) is 44.5 Å². The minimum Gasteiger partial charge on any atom is -0.311 e. The Hall–Kier alpha value is -2.01. The van der Waals surface area contributed by atoms with Crippen LogP contribution in [0.25, 0.3) is 0 Å². The summed E-state index contributed by atoms with van der Waals surface area (Å²) in [7, 11) is 0. The monoisotopic (exact) mass is 287 g/mol. The quantitative estimate of drug-likeness (QED) is 0.886. The maximum atomic E-state index is 13.1. The number of hydrogen-bond donors (Lipinski definition) is 2. The first-order valence-electron chi connectivity index (χ1n) is 7.08. The van der Waals surface area contributed by atoms with Crippen LogP contribution in [0.15, 0.2) is 29.1 Å². The van der Waals surface area contributed by atoms with Crippen molar-refractivity contribution in [2.75, 3.05) is 6.54 Å². The third-order valence-electron chi connectivity index (χ3n) is 4.10. The molecule has 0 atom stereocenters. The van der Waals surface area contributed by atoms with Crippen molar-refractivity contribution in [1.29, 1.82) is 0 Å². The van der Waals surface area contributed by atoms with Crippen molar-refractivity contribution in [3.05, 3.63) is 63.1 Å². The number of fused-ring (bicyclic) bond motifs is 1. The van der Waals surface area contributed by atoms with Gasteiger partial charge in [0.25, 0.3) is 5.56 Å². The lowest BCUT2D eigenvalue weighted by atomic mass is 9.83. The van der Waals surface area contributed by atoms with Gasteiger partial charge in [-0.1, -0.05) is 12.1 Å². The molecular weight excluding hydrogens is 269 g/mol. The van der Waals surface area contributed by atoms with Gasteiger partial charge in [0.2, 0.25) is 0 Å². The summed E-state index contributed by atoms with van der Waals surface area (Å²) < 4.78 is 13.1. The Balaban J connectivity index is 2.08. The number of aromatic nitrogens is 2. The summed E-state index contributed by atoms with van der Waals surface area (Å²) in [6, 6.07) is 6.31. The molecule has 1 aromatic carbocycles. The number of hydrogen-bond acceptors (Lipinski definition) is 3. The zero-order valence-corrected chi connectivity index (χ0v) is 12.2. The average Bonchev–Trinajstić information content (AvgIpc) is 2.47. The lowest BCUT2D eigenvalue weighted by Gasteiger charge is -2.26. The summed E-state index contributed by atoms with van der Waals surface area (Å²) in [6.07, 6.45) is 0.703. The number of nitrogens with zero attached hydrogens (tertiary/aromatic N) is 1. The van der Waals surface area contributed by atoms with Gasteiger partial charge in [0, 0.05) is 17.5 Å². The van der Waals surface area contributed by atoms with Crippen LogP contribution in [0.3, 0.4) is 0 Å². The highest BCUT2D eigenvalue weighted by Gasteiger charge is 2.28. The zero-order valence-electron chi connectivity index (χ0n) is 12.2. The fourth-order valence-corrected chi connectivity index (χ4v) is 2.67. The van der Waals surface area contributed by atoms with Crippen LogP contribution in [0.4, 0.5) is 4.39 Å². The van der Waals surface area contributed by atoms with Gasteiger partial charge in [0.15, 0.2) is 0 Å². The van der Waals surface area contributed by atoms with E-state index in [1.807, 2.05) is 13.8 Å². The molecule has 1 aromatic heterocycles. The molecule has 0 aliphatic carbocycles. The van der Waals surface area contributed by atoms with Crippen molar-refractivity contribution in [3.8, 4) is 0 Å². The second-order valence-electron chi connectivity index (χ2n) is 5.90. The van der Waals surface area contributed by atoms with Gasteiger partial charge in [-0.3, -0.25) is 4.79 Å². The van der Waals surface area contributed by atoms with Gasteiger partial charge in [-0.25, -0.2) is 9.37 Å². The van der Waals surface area contributed by atoms with Crippen molar-refractivity contribution in [3.63, 3.8) is 0 Å². The Bertz CT molecular complexity index is 719. The highest BCUT2D eigenvalue weighted by Crippen LogP contribution is 2.29. The van der Waals surface area contributed by atoms with Crippen molar-refractivity contribution in [2.24, 2.45) is 0 Å². The summed E-state index contributed by atoms with van der Waals surface area (Å²) in [5, 5.41) is 3.23. The number of halogens is 1. The van der Waals surface area contributed by atoms with Crippen molar-refractivity contribution in [2.45, 2.75) is 32.2 Å². The predicted molar refractivity (Wildman–Crippen MR) is 78.8 cm³/mol. The molecule has 0 unspecified atom stereocenters. The fourth-order valence-electron chi connectivity index (χ4n) is 2.67. The van der Waals surface area contributed by atoms with Crippen LogP contribution in [-0.4, -0.2) is 16.5 Å². The molecule has 21 heavy (non-hydrogen) atoms. The van der Waals surface area contributed by atoms with Crippen LogP contribution < -0.4 is 10.9 Å². The number of nitrogens with one attached hydrogen (secondary N) is 2. The van der Waals surface area contributed by atoms with Gasteiger partial charge in [-0.2, -0.15) is 0 Å². The Labute approximate surface area is 122 Å². The smallest absolute Gasteiger partial charge is 0.254 e. The molecule has 0 fully saturated rings. The average molecular weight is 287 g/mol. The predicted octanol–water partition coefficient (Wildman–Crippen LogP) is 1.88. The first kappa shape index (κ1) is 13.9. The van der Waals surface area contributed by atoms with Crippen molar-refractivity contribution in [1.82, 2.24) is 15.3 Å². The van der Waals surface area contributed by atoms with E-state index in [1.165, 1.54) is 12.1 Å². The minimum absolute atomic E-state index is 0.0633. The summed E-state index contributed by atoms with van der Waals surface area (Å²) in [6.45, 7) is 5.37. The molecule has 3 rings (SSSR count). The van der Waals surface area contributed by atoms with Crippen LogP contribution in [0, 0.1) is 5.82 Å². The lowest BCUT2D eigenvalue weighted by Crippen LogP contribution is -2.35. The van der Waals surface area contributed by atoms with Crippen LogP contribution in [0.5, 0.6) is 0 Å². The number of aromatic amines is 1. The second-order valence-corrected chi connectivity index (χ2v) is 5.90. The van der Waals surface area contributed by atoms with Gasteiger partial charge in [0.1, 0.15) is 11.6 Å². The summed E-state index contributed by atoms with van der Waals surface area (Å²) in [4.78, 5) is 19.8. The fraction of sp³-hybridized carbons (Fsp3) is 0.375. The Morgan fingerprint density at radius 2 is 1.95 bits per heavy atom. The molecule has 0 amide bonds. The van der Waals surface area contributed by atoms with E-state index in [0.717, 1.165) is 23.4 Å². The van der Waals surface area contributed by atoms with Crippen LogP contribution in [0.1, 0.15) is 36.5 Å². The number of rotatable bonds is 2. The Morgan fingerprint density at radius 1 is 1.24 bits per heavy atom. The summed E-state index contributed by atoms with van der Waals surface area (Å²) >= 11 is 0. The molecule has 2 aromatic rings. The summed E-state index contributed by atoms with van der Waals surface area (Å²) in [5.41, 5.74) is 1.95. The van der Waals surface area contributed by atoms with Crippen molar-refractivity contribution < 1.29 is 4.39 Å². The van der Waals surface area contributed by atoms with Gasteiger partial charge < -0.3 is 10.3 Å². The molecule has 5 heteroatoms. The van der Waals surface area contributed by atoms with Crippen molar-refractivity contribution >= 4 is 0 Å². The van der Waals surface area contributed by atoms with E-state index in [0.29, 0.717) is 18.8 Å². The molecule has 110 valence electrons.